The lowest BCUT2D eigenvalue weighted by molar-refractivity contribution is -0.172. The Labute approximate surface area is 79.0 Å². The molecule has 0 radical (unpaired) electrons. The Kier molecular flexibility index (Phi) is 2.80. The van der Waals surface area contributed by atoms with E-state index in [0.29, 0.717) is 15.8 Å². The van der Waals surface area contributed by atoms with E-state index in [1.807, 2.05) is 0 Å². The molecule has 0 aliphatic rings. The zero-order valence-corrected chi connectivity index (χ0v) is 8.00. The van der Waals surface area contributed by atoms with Crippen LogP contribution in [0.5, 0.6) is 0 Å². The third-order valence-corrected chi connectivity index (χ3v) is 2.97. The van der Waals surface area contributed by atoms with E-state index < -0.39 is 17.2 Å². The van der Waals surface area contributed by atoms with Gasteiger partial charge in [0.1, 0.15) is 0 Å². The Morgan fingerprint density at radius 2 is 2.17 bits per heavy atom. The van der Waals surface area contributed by atoms with Crippen LogP contribution in [0.1, 0.15) is 4.88 Å². The smallest absolute Gasteiger partial charge is 0.336 e. The second kappa shape index (κ2) is 3.35. The summed E-state index contributed by atoms with van der Waals surface area (Å²) in [7, 11) is 0. The molecular formula is C6H4BrF3OS. The molecule has 0 aliphatic heterocycles. The average molecular weight is 261 g/mol. The van der Waals surface area contributed by atoms with Crippen LogP contribution in [0, 0.1) is 0 Å². The van der Waals surface area contributed by atoms with Gasteiger partial charge in [0.15, 0.2) is 0 Å². The summed E-state index contributed by atoms with van der Waals surface area (Å²) in [6.45, 7) is 0. The highest BCUT2D eigenvalue weighted by molar-refractivity contribution is 9.10. The Morgan fingerprint density at radius 3 is 2.50 bits per heavy atom. The first-order chi connectivity index (χ1) is 5.44. The molecule has 68 valence electrons. The average Bonchev–Trinajstić information content (AvgIpc) is 2.35. The maximum atomic E-state index is 12.7. The topological polar surface area (TPSA) is 20.2 Å². The molecule has 1 aromatic rings. The molecule has 0 fully saturated rings. The van der Waals surface area contributed by atoms with Crippen molar-refractivity contribution < 1.29 is 18.3 Å². The third-order valence-electron chi connectivity index (χ3n) is 1.20. The molecule has 1 N–H and O–H groups in total. The van der Waals surface area contributed by atoms with E-state index in [4.69, 9.17) is 5.11 Å². The lowest BCUT2D eigenvalue weighted by atomic mass is 10.3. The van der Waals surface area contributed by atoms with Gasteiger partial charge in [0.2, 0.25) is 0 Å². The van der Waals surface area contributed by atoms with Crippen molar-refractivity contribution in [3.63, 3.8) is 0 Å². The summed E-state index contributed by atoms with van der Waals surface area (Å²) in [5, 5.41) is 9.51. The minimum absolute atomic E-state index is 0.447. The molecule has 1 aromatic heterocycles. The van der Waals surface area contributed by atoms with Crippen molar-refractivity contribution in [2.45, 2.75) is 12.3 Å². The Morgan fingerprint density at radius 1 is 1.58 bits per heavy atom. The highest BCUT2D eigenvalue weighted by Crippen LogP contribution is 2.37. The minimum Gasteiger partial charge on any atom is -0.359 e. The number of halogens is 4. The van der Waals surface area contributed by atoms with E-state index in [-0.39, 0.29) is 0 Å². The van der Waals surface area contributed by atoms with Gasteiger partial charge in [-0.25, -0.2) is 4.39 Å². The molecule has 12 heavy (non-hydrogen) atoms. The summed E-state index contributed by atoms with van der Waals surface area (Å²) < 4.78 is 37.7. The van der Waals surface area contributed by atoms with Crippen molar-refractivity contribution in [1.29, 1.82) is 0 Å². The number of aliphatic hydroxyl groups is 1. The number of alkyl halides is 3. The van der Waals surface area contributed by atoms with Crippen molar-refractivity contribution in [3.05, 3.63) is 20.8 Å². The minimum atomic E-state index is -3.81. The van der Waals surface area contributed by atoms with Crippen LogP contribution < -0.4 is 0 Å². The van der Waals surface area contributed by atoms with E-state index in [1.54, 1.807) is 0 Å². The fourth-order valence-corrected chi connectivity index (χ4v) is 2.02. The van der Waals surface area contributed by atoms with Gasteiger partial charge in [0.05, 0.1) is 4.88 Å². The van der Waals surface area contributed by atoms with Crippen LogP contribution in [0.2, 0.25) is 0 Å². The van der Waals surface area contributed by atoms with Crippen LogP contribution in [0.25, 0.3) is 0 Å². The normalized spacial score (nSPS) is 14.8. The second-order valence-corrected chi connectivity index (χ2v) is 3.91. The van der Waals surface area contributed by atoms with Crippen molar-refractivity contribution in [3.8, 4) is 0 Å². The van der Waals surface area contributed by atoms with Gasteiger partial charge in [-0.2, -0.15) is 8.78 Å². The monoisotopic (exact) mass is 260 g/mol. The van der Waals surface area contributed by atoms with Gasteiger partial charge < -0.3 is 5.11 Å². The van der Waals surface area contributed by atoms with Crippen LogP contribution in [-0.4, -0.2) is 11.5 Å². The molecule has 1 rings (SSSR count). The number of rotatable bonds is 2. The van der Waals surface area contributed by atoms with Crippen LogP contribution in [0.15, 0.2) is 15.9 Å². The zero-order chi connectivity index (χ0) is 9.35. The molecule has 1 unspecified atom stereocenters. The van der Waals surface area contributed by atoms with E-state index >= 15 is 0 Å². The fourth-order valence-electron chi connectivity index (χ4n) is 0.605. The number of hydrogen-bond donors (Lipinski definition) is 1. The molecule has 1 heterocycles. The van der Waals surface area contributed by atoms with Crippen LogP contribution in [0.3, 0.4) is 0 Å². The molecule has 0 aliphatic carbocycles. The van der Waals surface area contributed by atoms with E-state index in [2.05, 4.69) is 15.9 Å². The maximum Gasteiger partial charge on any atom is 0.336 e. The first-order valence-corrected chi connectivity index (χ1v) is 4.56. The van der Waals surface area contributed by atoms with Gasteiger partial charge in [0, 0.05) is 9.85 Å². The highest BCUT2D eigenvalue weighted by atomic mass is 79.9. The third kappa shape index (κ3) is 1.81. The summed E-state index contributed by atoms with van der Waals surface area (Å²) in [4.78, 5) is -0.496. The van der Waals surface area contributed by atoms with Crippen molar-refractivity contribution in [2.24, 2.45) is 0 Å². The molecule has 0 saturated carbocycles. The first kappa shape index (κ1) is 10.0. The summed E-state index contributed by atoms with van der Waals surface area (Å²) in [5.74, 6) is -3.81. The molecule has 0 bridgehead atoms. The molecular weight excluding hydrogens is 257 g/mol. The maximum absolute atomic E-state index is 12.7. The largest absolute Gasteiger partial charge is 0.359 e. The van der Waals surface area contributed by atoms with Crippen molar-refractivity contribution in [2.75, 3.05) is 0 Å². The molecule has 6 heteroatoms. The quantitative estimate of drug-likeness (QED) is 0.867. The Balaban J connectivity index is 2.97. The van der Waals surface area contributed by atoms with E-state index in [1.165, 1.54) is 5.38 Å². The van der Waals surface area contributed by atoms with E-state index in [9.17, 15) is 13.2 Å². The summed E-state index contributed by atoms with van der Waals surface area (Å²) in [6.07, 6.45) is -3.15. The molecule has 0 saturated heterocycles. The zero-order valence-electron chi connectivity index (χ0n) is 5.60. The number of hydrogen-bond acceptors (Lipinski definition) is 2. The molecule has 1 atom stereocenters. The number of aliphatic hydroxyl groups excluding tert-OH is 1. The molecule has 0 spiro atoms. The second-order valence-electron chi connectivity index (χ2n) is 2.09. The van der Waals surface area contributed by atoms with Gasteiger partial charge in [-0.15, -0.1) is 11.3 Å². The van der Waals surface area contributed by atoms with Crippen LogP contribution in [0.4, 0.5) is 13.2 Å². The molecule has 1 nitrogen and oxygen atoms in total. The number of thiophene rings is 1. The van der Waals surface area contributed by atoms with Gasteiger partial charge in [-0.05, 0) is 22.0 Å². The Hall–Kier alpha value is -0.0700. The summed E-state index contributed by atoms with van der Waals surface area (Å²) in [6, 6.07) is 1.08. The van der Waals surface area contributed by atoms with Gasteiger partial charge in [-0.3, -0.25) is 0 Å². The Bertz CT molecular complexity index is 274. The van der Waals surface area contributed by atoms with Gasteiger partial charge in [0.25, 0.3) is 6.36 Å². The first-order valence-electron chi connectivity index (χ1n) is 2.89. The predicted molar refractivity (Wildman–Crippen MR) is 43.0 cm³/mol. The van der Waals surface area contributed by atoms with Gasteiger partial charge >= 0.3 is 5.92 Å². The lowest BCUT2D eigenvalue weighted by Gasteiger charge is -2.13. The van der Waals surface area contributed by atoms with Crippen molar-refractivity contribution >= 4 is 27.3 Å². The van der Waals surface area contributed by atoms with Crippen LogP contribution in [-0.2, 0) is 5.92 Å². The lowest BCUT2D eigenvalue weighted by Crippen LogP contribution is -2.25. The van der Waals surface area contributed by atoms with Crippen LogP contribution >= 0.6 is 27.3 Å². The van der Waals surface area contributed by atoms with Gasteiger partial charge in [-0.1, -0.05) is 0 Å². The van der Waals surface area contributed by atoms with E-state index in [0.717, 1.165) is 6.07 Å². The molecule has 0 aromatic carbocycles. The summed E-state index contributed by atoms with van der Waals surface area (Å²) in [5.41, 5.74) is 0. The van der Waals surface area contributed by atoms with Crippen molar-refractivity contribution in [1.82, 2.24) is 0 Å². The fraction of sp³-hybridized carbons (Fsp3) is 0.333. The standard InChI is InChI=1S/C6H4BrF3OS/c7-3-1-4(12-2-3)6(9,10)5(8)11/h1-2,5,11H. The molecule has 0 amide bonds. The SMILES string of the molecule is OC(F)C(F)(F)c1cc(Br)cs1. The predicted octanol–water partition coefficient (Wildman–Crippen LogP) is 2.89. The highest BCUT2D eigenvalue weighted by Gasteiger charge is 2.42. The summed E-state index contributed by atoms with van der Waals surface area (Å²) >= 11 is 3.63.